The van der Waals surface area contributed by atoms with Crippen molar-refractivity contribution >= 4 is 51.1 Å². The lowest BCUT2D eigenvalue weighted by atomic mass is 10.1. The topological polar surface area (TPSA) is 163 Å². The summed E-state index contributed by atoms with van der Waals surface area (Å²) in [7, 11) is 8.39. The van der Waals surface area contributed by atoms with Crippen LogP contribution >= 0.6 is 0 Å². The van der Waals surface area contributed by atoms with E-state index in [0.29, 0.717) is 47.5 Å². The Balaban J connectivity index is 0.000000122. The summed E-state index contributed by atoms with van der Waals surface area (Å²) in [6.45, 7) is 16.1. The average molecular weight is 1530 g/mol. The number of nitrogens with one attached hydrogen (secondary N) is 1. The summed E-state index contributed by atoms with van der Waals surface area (Å²) in [5.41, 5.74) is 19.4. The number of likely N-dealkylation sites (tertiary alicyclic amines) is 5. The van der Waals surface area contributed by atoms with E-state index in [-0.39, 0.29) is 6.04 Å². The van der Waals surface area contributed by atoms with Gasteiger partial charge in [0, 0.05) is 176 Å². The summed E-state index contributed by atoms with van der Waals surface area (Å²) in [6, 6.07) is 90.2. The molecule has 1 aromatic heterocycles. The van der Waals surface area contributed by atoms with E-state index in [1.54, 1.807) is 64.7 Å². The van der Waals surface area contributed by atoms with Gasteiger partial charge in [-0.25, -0.2) is 0 Å². The Bertz CT molecular complexity index is 4860. The highest BCUT2D eigenvalue weighted by Crippen LogP contribution is 2.38. The zero-order chi connectivity index (χ0) is 79.0. The molecule has 0 spiro atoms. The second-order valence-corrected chi connectivity index (χ2v) is 30.3. The lowest BCUT2D eigenvalue weighted by Crippen LogP contribution is -2.41. The van der Waals surface area contributed by atoms with Crippen LogP contribution in [0.15, 0.2) is 267 Å². The van der Waals surface area contributed by atoms with Crippen LogP contribution in [0.2, 0.25) is 0 Å². The Hall–Kier alpha value is -11.3. The highest BCUT2D eigenvalue weighted by Gasteiger charge is 2.42. The number of nitrogen functional groups attached to an aromatic ring is 1. The van der Waals surface area contributed by atoms with E-state index in [0.717, 1.165) is 145 Å². The van der Waals surface area contributed by atoms with Gasteiger partial charge in [0.1, 0.15) is 34.5 Å². The maximum atomic E-state index is 12.5. The molecule has 1 amide bonds. The molecule has 11 aromatic rings. The fraction of sp³-hybridized carbons (Fsp3) is 0.323. The third-order valence-corrected chi connectivity index (χ3v) is 22.4. The summed E-state index contributed by atoms with van der Waals surface area (Å²) in [6.07, 6.45) is 8.62. The summed E-state index contributed by atoms with van der Waals surface area (Å²) in [4.78, 5) is 52.3. The number of anilines is 4. The van der Waals surface area contributed by atoms with Crippen LogP contribution in [0.4, 0.5) is 22.7 Å². The predicted molar refractivity (Wildman–Crippen MR) is 458 cm³/mol. The van der Waals surface area contributed by atoms with Crippen LogP contribution in [0.1, 0.15) is 81.9 Å². The Morgan fingerprint density at radius 3 is 1.38 bits per heavy atom. The van der Waals surface area contributed by atoms with Gasteiger partial charge in [0.05, 0.1) is 64.9 Å². The lowest BCUT2D eigenvalue weighted by Gasteiger charge is -2.27. The van der Waals surface area contributed by atoms with Gasteiger partial charge in [0.15, 0.2) is 0 Å². The number of fused-ring (bicyclic) bond motifs is 3. The van der Waals surface area contributed by atoms with Gasteiger partial charge >= 0.3 is 0 Å². The molecular formula is C96H110N10O8. The number of Topliss-reactive ketones (excluding diaryl/α,β-unsaturated/α-hetero) is 2. The van der Waals surface area contributed by atoms with Crippen LogP contribution in [-0.4, -0.2) is 172 Å². The maximum Gasteiger partial charge on any atom is 0.299 e. The second kappa shape index (κ2) is 40.5. The summed E-state index contributed by atoms with van der Waals surface area (Å²) in [5, 5.41) is 4.89. The molecule has 7 aliphatic heterocycles. The van der Waals surface area contributed by atoms with Gasteiger partial charge in [-0.15, -0.1) is 0 Å². The van der Waals surface area contributed by atoms with Crippen LogP contribution in [0, 0.1) is 0 Å². The third kappa shape index (κ3) is 22.1. The van der Waals surface area contributed by atoms with Gasteiger partial charge in [-0.3, -0.25) is 38.9 Å². The van der Waals surface area contributed by atoms with E-state index in [9.17, 15) is 14.4 Å². The van der Waals surface area contributed by atoms with Crippen LogP contribution in [0.25, 0.3) is 10.9 Å². The van der Waals surface area contributed by atoms with E-state index in [1.165, 1.54) is 75.8 Å². The number of hydrogen-bond acceptors (Lipinski definition) is 16. The molecule has 4 unspecified atom stereocenters. The van der Waals surface area contributed by atoms with Gasteiger partial charge in [0.2, 0.25) is 0 Å². The van der Waals surface area contributed by atoms with Crippen molar-refractivity contribution in [1.29, 1.82) is 0 Å². The number of ether oxygens (including phenoxy) is 5. The molecule has 10 aromatic carbocycles. The molecule has 0 saturated carbocycles. The van der Waals surface area contributed by atoms with Crippen molar-refractivity contribution in [3.8, 4) is 28.7 Å². The number of hydrogen-bond donors (Lipinski definition) is 2. The number of ketones is 2. The minimum atomic E-state index is -0.421. The Kier molecular flexibility index (Phi) is 28.7. The zero-order valence-corrected chi connectivity index (χ0v) is 66.7. The molecular weight excluding hydrogens is 1420 g/mol. The fourth-order valence-corrected chi connectivity index (χ4v) is 16.5. The molecule has 5 saturated heterocycles. The van der Waals surface area contributed by atoms with Gasteiger partial charge < -0.3 is 49.1 Å². The molecule has 0 radical (unpaired) electrons. The number of amides is 1. The molecule has 4 atom stereocenters. The molecule has 0 aliphatic carbocycles. The van der Waals surface area contributed by atoms with E-state index in [1.807, 2.05) is 72.8 Å². The molecule has 0 bridgehead atoms. The van der Waals surface area contributed by atoms with E-state index in [4.69, 9.17) is 29.4 Å². The molecule has 18 heteroatoms. The summed E-state index contributed by atoms with van der Waals surface area (Å²) < 4.78 is 28.7. The number of nitrogens with zero attached hydrogens (tertiary/aromatic N) is 8. The van der Waals surface area contributed by atoms with Crippen LogP contribution < -0.4 is 44.5 Å². The quantitative estimate of drug-likeness (QED) is 0.0547. The van der Waals surface area contributed by atoms with Crippen molar-refractivity contribution in [3.05, 3.63) is 306 Å². The number of benzene rings is 10. The van der Waals surface area contributed by atoms with Crippen molar-refractivity contribution in [2.75, 3.05) is 128 Å². The largest absolute Gasteiger partial charge is 0.497 e. The monoisotopic (exact) mass is 1530 g/mol. The number of methoxy groups -OCH3 is 5. The van der Waals surface area contributed by atoms with Crippen molar-refractivity contribution in [3.63, 3.8) is 0 Å². The molecule has 114 heavy (non-hydrogen) atoms. The molecule has 18 nitrogen and oxygen atoms in total. The summed E-state index contributed by atoms with van der Waals surface area (Å²) >= 11 is 0. The first-order valence-corrected chi connectivity index (χ1v) is 40.1. The SMILES string of the molecule is COc1ccc2c(c1)N(C1CCN(Cc3ccccc3)C1)C(=O)C2=O.COc1ccc2c(c1)N(C1CCN(Cc3ccccc3)C1)CC2.COc1ccc2ccn(C3CCN(Cc4ccccc4)C3)c2c1.COc1cccc(N)c1.COc1cccc(NC2CCN(Cc3ccccc3)C2)c1.O=C1CCN(Cc2ccccc2)C1. The summed E-state index contributed by atoms with van der Waals surface area (Å²) in [5.74, 6) is 3.79. The minimum absolute atomic E-state index is 0.0218. The molecule has 3 N–H and O–H groups in total. The van der Waals surface area contributed by atoms with Gasteiger partial charge in [-0.2, -0.15) is 0 Å². The first-order chi connectivity index (χ1) is 55.8. The Morgan fingerprint density at radius 2 is 0.842 bits per heavy atom. The lowest BCUT2D eigenvalue weighted by molar-refractivity contribution is -0.117. The number of nitrogens with two attached hydrogens (primary N) is 1. The highest BCUT2D eigenvalue weighted by atomic mass is 16.5. The second-order valence-electron chi connectivity index (χ2n) is 30.3. The standard InChI is InChI=1S/C20H20N2O3.C20H24N2O.C20H22N2O.C18H22N2O.C11H13NO.C7H9NO/c1-25-16-7-8-17-18(11-16)22(20(24)19(17)23)15-9-10-21(13-15)12-14-5-3-2-4-6-14;2*1-23-19-8-7-17-9-12-22(20(17)13-19)18-10-11-21(15-18)14-16-5-3-2-4-6-16;1-21-18-9-5-8-16(12-18)19-17-10-11-20(14-17)13-15-6-3-2-4-7-15;13-11-6-7-12(9-11)8-10-4-2-1-3-5-10;1-9-7-4-2-3-6(8)5-7/h2-8,11,15H,9-10,12-13H2,1H3;2-8,13,18H,9-12,14-15H2,1H3;2-9,12-13,18H,10-11,14-15H2,1H3;2-9,12,17,19H,10-11,13-14H2,1H3;1-5H,6-9H2;2-5H,8H2,1H3. The first-order valence-electron chi connectivity index (χ1n) is 40.1. The maximum absolute atomic E-state index is 12.5. The molecule has 592 valence electrons. The van der Waals surface area contributed by atoms with Gasteiger partial charge in [-0.05, 0) is 132 Å². The zero-order valence-electron chi connectivity index (χ0n) is 66.7. The third-order valence-electron chi connectivity index (χ3n) is 22.4. The highest BCUT2D eigenvalue weighted by molar-refractivity contribution is 6.52. The van der Waals surface area contributed by atoms with E-state index < -0.39 is 11.7 Å². The Morgan fingerprint density at radius 1 is 0.386 bits per heavy atom. The van der Waals surface area contributed by atoms with Crippen LogP contribution in [0.5, 0.6) is 28.7 Å². The van der Waals surface area contributed by atoms with Crippen LogP contribution in [0.3, 0.4) is 0 Å². The van der Waals surface area contributed by atoms with Gasteiger partial charge in [0.25, 0.3) is 11.7 Å². The molecule has 8 heterocycles. The van der Waals surface area contributed by atoms with Crippen molar-refractivity contribution in [1.82, 2.24) is 29.1 Å². The van der Waals surface area contributed by atoms with E-state index >= 15 is 0 Å². The van der Waals surface area contributed by atoms with Crippen molar-refractivity contribution in [2.24, 2.45) is 0 Å². The smallest absolute Gasteiger partial charge is 0.299 e. The average Bonchev–Trinajstić information content (AvgIpc) is 1.61. The molecule has 18 rings (SSSR count). The Labute approximate surface area is 673 Å². The minimum Gasteiger partial charge on any atom is -0.497 e. The predicted octanol–water partition coefficient (Wildman–Crippen LogP) is 16.0. The number of carbonyl (C=O) groups is 3. The number of rotatable bonds is 20. The first kappa shape index (κ1) is 80.8. The normalized spacial score (nSPS) is 18.6. The number of aromatic nitrogens is 1. The molecule has 5 fully saturated rings. The molecule has 7 aliphatic rings. The van der Waals surface area contributed by atoms with Crippen LogP contribution in [-0.2, 0) is 48.7 Å². The fourth-order valence-electron chi connectivity index (χ4n) is 16.5. The van der Waals surface area contributed by atoms with Crippen molar-refractivity contribution in [2.45, 2.75) is 95.4 Å². The van der Waals surface area contributed by atoms with E-state index in [2.05, 4.69) is 209 Å². The number of carbonyl (C=O) groups excluding carboxylic acids is 3. The van der Waals surface area contributed by atoms with Crippen molar-refractivity contribution < 1.29 is 38.1 Å². The van der Waals surface area contributed by atoms with Gasteiger partial charge in [-0.1, -0.05) is 170 Å².